The van der Waals surface area contributed by atoms with Crippen LogP contribution in [0.15, 0.2) is 45.9 Å². The number of hydrogen-bond donors (Lipinski definition) is 0. The van der Waals surface area contributed by atoms with Gasteiger partial charge in [-0.15, -0.1) is 0 Å². The quantitative estimate of drug-likeness (QED) is 0.647. The average Bonchev–Trinajstić information content (AvgIpc) is 3.07. The lowest BCUT2D eigenvalue weighted by Crippen LogP contribution is -2.42. The first-order valence-electron chi connectivity index (χ1n) is 10.6. The zero-order chi connectivity index (χ0) is 21.5. The van der Waals surface area contributed by atoms with Crippen molar-refractivity contribution in [2.75, 3.05) is 39.4 Å². The molecule has 160 valence electrons. The van der Waals surface area contributed by atoms with E-state index in [1.807, 2.05) is 38.1 Å². The number of pyridine rings is 1. The van der Waals surface area contributed by atoms with Gasteiger partial charge in [-0.1, -0.05) is 0 Å². The summed E-state index contributed by atoms with van der Waals surface area (Å²) in [5, 5.41) is 0.517. The second-order valence-electron chi connectivity index (χ2n) is 8.24. The van der Waals surface area contributed by atoms with Crippen LogP contribution in [0.1, 0.15) is 38.9 Å². The number of ether oxygens (including phenoxy) is 1. The Balaban J connectivity index is 1.61. The van der Waals surface area contributed by atoms with Crippen LogP contribution < -0.4 is 5.43 Å². The molecule has 0 saturated carbocycles. The third kappa shape index (κ3) is 3.43. The summed E-state index contributed by atoms with van der Waals surface area (Å²) in [7, 11) is 0. The van der Waals surface area contributed by atoms with Gasteiger partial charge < -0.3 is 14.1 Å². The third-order valence-corrected chi connectivity index (χ3v) is 6.36. The molecule has 1 aromatic carbocycles. The van der Waals surface area contributed by atoms with E-state index in [-0.39, 0.29) is 17.1 Å². The molecule has 1 atom stereocenters. The summed E-state index contributed by atoms with van der Waals surface area (Å²) in [4.78, 5) is 35.2. The smallest absolute Gasteiger partial charge is 0.290 e. The number of carbonyl (C=O) groups is 1. The van der Waals surface area contributed by atoms with E-state index in [1.54, 1.807) is 17.3 Å². The van der Waals surface area contributed by atoms with E-state index in [0.29, 0.717) is 36.3 Å². The topological polar surface area (TPSA) is 75.9 Å². The van der Waals surface area contributed by atoms with E-state index >= 15 is 0 Å². The van der Waals surface area contributed by atoms with Crippen LogP contribution in [-0.2, 0) is 4.74 Å². The van der Waals surface area contributed by atoms with Crippen molar-refractivity contribution in [1.82, 2.24) is 14.8 Å². The molecule has 0 aliphatic carbocycles. The van der Waals surface area contributed by atoms with Crippen molar-refractivity contribution in [3.8, 4) is 0 Å². The highest BCUT2D eigenvalue weighted by molar-refractivity contribution is 5.99. The molecule has 0 spiro atoms. The highest BCUT2D eigenvalue weighted by Crippen LogP contribution is 2.38. The van der Waals surface area contributed by atoms with E-state index in [2.05, 4.69) is 9.88 Å². The summed E-state index contributed by atoms with van der Waals surface area (Å²) in [6, 6.07) is 6.95. The lowest BCUT2D eigenvalue weighted by Gasteiger charge is -2.31. The van der Waals surface area contributed by atoms with Gasteiger partial charge in [0.05, 0.1) is 30.2 Å². The maximum atomic E-state index is 13.6. The number of benzene rings is 1. The fourth-order valence-corrected chi connectivity index (χ4v) is 4.47. The number of morpholine rings is 1. The Bertz CT molecular complexity index is 1200. The molecule has 5 rings (SSSR count). The highest BCUT2D eigenvalue weighted by atomic mass is 16.5. The molecule has 0 radical (unpaired) electrons. The molecule has 2 aliphatic heterocycles. The number of amides is 1. The van der Waals surface area contributed by atoms with Crippen molar-refractivity contribution in [2.24, 2.45) is 0 Å². The first-order valence-corrected chi connectivity index (χ1v) is 10.6. The van der Waals surface area contributed by atoms with Gasteiger partial charge in [-0.3, -0.25) is 19.5 Å². The zero-order valence-electron chi connectivity index (χ0n) is 17.8. The molecule has 0 N–H and O–H groups in total. The Morgan fingerprint density at radius 2 is 1.74 bits per heavy atom. The summed E-state index contributed by atoms with van der Waals surface area (Å²) in [5.74, 6) is -0.0770. The normalized spacial score (nSPS) is 19.2. The van der Waals surface area contributed by atoms with Gasteiger partial charge in [0.15, 0.2) is 5.43 Å². The first kappa shape index (κ1) is 19.9. The highest BCUT2D eigenvalue weighted by Gasteiger charge is 2.42. The summed E-state index contributed by atoms with van der Waals surface area (Å²) in [6.45, 7) is 8.25. The van der Waals surface area contributed by atoms with Crippen molar-refractivity contribution in [3.63, 3.8) is 0 Å². The number of aryl methyl sites for hydroxylation is 2. The van der Waals surface area contributed by atoms with Gasteiger partial charge >= 0.3 is 0 Å². The molecule has 7 nitrogen and oxygen atoms in total. The van der Waals surface area contributed by atoms with Crippen molar-refractivity contribution >= 4 is 16.9 Å². The number of carbonyl (C=O) groups excluding carboxylic acids is 1. The molecule has 7 heteroatoms. The maximum absolute atomic E-state index is 13.6. The Labute approximate surface area is 180 Å². The first-order chi connectivity index (χ1) is 15.0. The second-order valence-corrected chi connectivity index (χ2v) is 8.24. The fraction of sp³-hybridized carbons (Fsp3) is 0.375. The molecule has 1 saturated heterocycles. The molecule has 1 fully saturated rings. The minimum absolute atomic E-state index is 0.136. The van der Waals surface area contributed by atoms with Gasteiger partial charge in [0.2, 0.25) is 5.76 Å². The van der Waals surface area contributed by atoms with Gasteiger partial charge in [0.25, 0.3) is 5.91 Å². The lowest BCUT2D eigenvalue weighted by molar-refractivity contribution is 0.0314. The minimum atomic E-state index is -0.478. The maximum Gasteiger partial charge on any atom is 0.290 e. The van der Waals surface area contributed by atoms with Crippen LogP contribution in [-0.4, -0.2) is 60.1 Å². The molecule has 2 aliphatic rings. The summed E-state index contributed by atoms with van der Waals surface area (Å²) in [6.07, 6.45) is 3.38. The van der Waals surface area contributed by atoms with Crippen LogP contribution in [0.5, 0.6) is 0 Å². The van der Waals surface area contributed by atoms with Crippen LogP contribution >= 0.6 is 0 Å². The van der Waals surface area contributed by atoms with Crippen LogP contribution in [0.2, 0.25) is 0 Å². The SMILES string of the molecule is Cc1cc2oc3c(c(=O)c2cc1C)[C@H](c1ccncc1)N(CCN1CCOCC1)C3=O. The number of nitrogens with zero attached hydrogens (tertiary/aromatic N) is 3. The monoisotopic (exact) mass is 419 g/mol. The summed E-state index contributed by atoms with van der Waals surface area (Å²) in [5.41, 5.74) is 3.66. The predicted molar refractivity (Wildman–Crippen MR) is 116 cm³/mol. The molecule has 31 heavy (non-hydrogen) atoms. The van der Waals surface area contributed by atoms with Gasteiger partial charge in [-0.25, -0.2) is 0 Å². The lowest BCUT2D eigenvalue weighted by atomic mass is 9.98. The summed E-state index contributed by atoms with van der Waals surface area (Å²) < 4.78 is 11.5. The molecular formula is C24H25N3O4. The molecule has 4 heterocycles. The second kappa shape index (κ2) is 7.90. The molecule has 3 aromatic rings. The number of fused-ring (bicyclic) bond motifs is 2. The fourth-order valence-electron chi connectivity index (χ4n) is 4.47. The van der Waals surface area contributed by atoms with E-state index in [1.165, 1.54) is 0 Å². The zero-order valence-corrected chi connectivity index (χ0v) is 17.8. The standard InChI is InChI=1S/C24H25N3O4/c1-15-13-18-19(14-16(15)2)31-23-20(22(18)28)21(17-3-5-25-6-4-17)27(24(23)29)8-7-26-9-11-30-12-10-26/h3-6,13-14,21H,7-12H2,1-2H3/t21-/m0/s1. The predicted octanol–water partition coefficient (Wildman–Crippen LogP) is 2.68. The van der Waals surface area contributed by atoms with Crippen molar-refractivity contribution in [2.45, 2.75) is 19.9 Å². The molecule has 0 unspecified atom stereocenters. The Hall–Kier alpha value is -3.03. The Morgan fingerprint density at radius 1 is 1.03 bits per heavy atom. The molecular weight excluding hydrogens is 394 g/mol. The van der Waals surface area contributed by atoms with E-state index in [4.69, 9.17) is 9.15 Å². The van der Waals surface area contributed by atoms with Crippen LogP contribution in [0, 0.1) is 13.8 Å². The van der Waals surface area contributed by atoms with Crippen molar-refractivity contribution in [3.05, 3.63) is 74.9 Å². The largest absolute Gasteiger partial charge is 0.450 e. The minimum Gasteiger partial charge on any atom is -0.450 e. The molecule has 0 bridgehead atoms. The molecule has 2 aromatic heterocycles. The van der Waals surface area contributed by atoms with E-state index < -0.39 is 6.04 Å². The number of aromatic nitrogens is 1. The molecule has 1 amide bonds. The van der Waals surface area contributed by atoms with Crippen LogP contribution in [0.4, 0.5) is 0 Å². The van der Waals surface area contributed by atoms with Gasteiger partial charge in [-0.05, 0) is 54.8 Å². The van der Waals surface area contributed by atoms with Crippen LogP contribution in [0.25, 0.3) is 11.0 Å². The summed E-state index contributed by atoms with van der Waals surface area (Å²) >= 11 is 0. The van der Waals surface area contributed by atoms with Crippen molar-refractivity contribution in [1.29, 1.82) is 0 Å². The number of hydrogen-bond acceptors (Lipinski definition) is 6. The van der Waals surface area contributed by atoms with E-state index in [9.17, 15) is 9.59 Å². The Kier molecular flexibility index (Phi) is 5.08. The third-order valence-electron chi connectivity index (χ3n) is 6.36. The van der Waals surface area contributed by atoms with Crippen molar-refractivity contribution < 1.29 is 13.9 Å². The van der Waals surface area contributed by atoms with Gasteiger partial charge in [0.1, 0.15) is 5.58 Å². The number of rotatable bonds is 4. The average molecular weight is 419 g/mol. The van der Waals surface area contributed by atoms with Gasteiger partial charge in [0, 0.05) is 38.6 Å². The van der Waals surface area contributed by atoms with Crippen LogP contribution in [0.3, 0.4) is 0 Å². The Morgan fingerprint density at radius 3 is 2.48 bits per heavy atom. The van der Waals surface area contributed by atoms with Gasteiger partial charge in [-0.2, -0.15) is 0 Å². The van der Waals surface area contributed by atoms with E-state index in [0.717, 1.165) is 36.3 Å².